The molecule has 0 radical (unpaired) electrons. The zero-order chi connectivity index (χ0) is 13.9. The summed E-state index contributed by atoms with van der Waals surface area (Å²) in [5.74, 6) is -1.62. The van der Waals surface area contributed by atoms with Gasteiger partial charge in [-0.15, -0.1) is 0 Å². The topological polar surface area (TPSA) is 9.23 Å². The van der Waals surface area contributed by atoms with Crippen LogP contribution in [-0.4, -0.2) is 17.9 Å². The first-order chi connectivity index (χ1) is 9.00. The third-order valence-corrected chi connectivity index (χ3v) is 4.83. The number of rotatable bonds is 4. The fourth-order valence-electron chi connectivity index (χ4n) is 2.71. The van der Waals surface area contributed by atoms with Crippen LogP contribution in [0.3, 0.4) is 0 Å². The van der Waals surface area contributed by atoms with Gasteiger partial charge in [0, 0.05) is 17.7 Å². The molecule has 0 spiro atoms. The maximum atomic E-state index is 13.4. The van der Waals surface area contributed by atoms with E-state index in [1.165, 1.54) is 0 Å². The minimum Gasteiger partial charge on any atom is -0.497 e. The van der Waals surface area contributed by atoms with Gasteiger partial charge in [0.05, 0.1) is 7.11 Å². The predicted octanol–water partition coefficient (Wildman–Crippen LogP) is 4.83. The Morgan fingerprint density at radius 2 is 2.26 bits per heavy atom. The normalized spacial score (nSPS) is 23.9. The average molecular weight is 333 g/mol. The summed E-state index contributed by atoms with van der Waals surface area (Å²) in [5.41, 5.74) is 1.12. The molecule has 1 aromatic carbocycles. The fraction of sp³-hybridized carbons (Fsp3) is 0.600. The second kappa shape index (κ2) is 6.21. The van der Waals surface area contributed by atoms with Gasteiger partial charge in [0.2, 0.25) is 5.92 Å². The molecule has 0 bridgehead atoms. The van der Waals surface area contributed by atoms with Crippen molar-refractivity contribution in [2.45, 2.75) is 42.9 Å². The van der Waals surface area contributed by atoms with Gasteiger partial charge in [-0.05, 0) is 42.9 Å². The molecule has 0 aromatic heterocycles. The summed E-state index contributed by atoms with van der Waals surface area (Å²) in [6, 6.07) is 7.80. The molecular formula is C15H19BrF2O. The molecule has 2 rings (SSSR count). The van der Waals surface area contributed by atoms with Crippen LogP contribution in [0.4, 0.5) is 8.78 Å². The summed E-state index contributed by atoms with van der Waals surface area (Å²) >= 11 is 3.60. The summed E-state index contributed by atoms with van der Waals surface area (Å²) < 4.78 is 32.0. The Morgan fingerprint density at radius 1 is 1.47 bits per heavy atom. The van der Waals surface area contributed by atoms with Crippen LogP contribution in [0, 0.1) is 5.92 Å². The van der Waals surface area contributed by atoms with Gasteiger partial charge in [-0.25, -0.2) is 8.78 Å². The molecule has 1 nitrogen and oxygen atoms in total. The second-order valence-electron chi connectivity index (χ2n) is 5.28. The van der Waals surface area contributed by atoms with Crippen molar-refractivity contribution in [3.05, 3.63) is 29.8 Å². The van der Waals surface area contributed by atoms with Gasteiger partial charge in [-0.3, -0.25) is 0 Å². The minimum atomic E-state index is -2.48. The van der Waals surface area contributed by atoms with Crippen molar-refractivity contribution in [3.8, 4) is 5.75 Å². The van der Waals surface area contributed by atoms with E-state index in [2.05, 4.69) is 15.9 Å². The highest BCUT2D eigenvalue weighted by Gasteiger charge is 2.38. The number of benzene rings is 1. The first-order valence-corrected chi connectivity index (χ1v) is 7.56. The van der Waals surface area contributed by atoms with E-state index in [-0.39, 0.29) is 23.6 Å². The summed E-state index contributed by atoms with van der Waals surface area (Å²) in [6.07, 6.45) is 2.32. The Labute approximate surface area is 121 Å². The molecular weight excluding hydrogens is 314 g/mol. The molecule has 0 N–H and O–H groups in total. The largest absolute Gasteiger partial charge is 0.497 e. The quantitative estimate of drug-likeness (QED) is 0.718. The summed E-state index contributed by atoms with van der Waals surface area (Å²) in [6.45, 7) is 0. The van der Waals surface area contributed by atoms with Crippen molar-refractivity contribution in [1.29, 1.82) is 0 Å². The third kappa shape index (κ3) is 4.16. The van der Waals surface area contributed by atoms with Crippen LogP contribution < -0.4 is 4.74 Å². The van der Waals surface area contributed by atoms with E-state index in [4.69, 9.17) is 4.74 Å². The second-order valence-corrected chi connectivity index (χ2v) is 6.46. The zero-order valence-electron chi connectivity index (χ0n) is 11.0. The van der Waals surface area contributed by atoms with Crippen molar-refractivity contribution < 1.29 is 13.5 Å². The highest BCUT2D eigenvalue weighted by molar-refractivity contribution is 9.09. The van der Waals surface area contributed by atoms with E-state index in [0.29, 0.717) is 6.42 Å². The first-order valence-electron chi connectivity index (χ1n) is 6.65. The molecule has 4 heteroatoms. The Morgan fingerprint density at radius 3 is 2.95 bits per heavy atom. The summed E-state index contributed by atoms with van der Waals surface area (Å²) in [4.78, 5) is 0.103. The molecule has 0 amide bonds. The Bertz CT molecular complexity index is 422. The molecule has 0 aliphatic heterocycles. The third-order valence-electron chi connectivity index (χ3n) is 3.75. The number of methoxy groups -OCH3 is 1. The van der Waals surface area contributed by atoms with E-state index in [1.54, 1.807) is 7.11 Å². The lowest BCUT2D eigenvalue weighted by Crippen LogP contribution is -2.31. The molecule has 1 saturated carbocycles. The van der Waals surface area contributed by atoms with Gasteiger partial charge < -0.3 is 4.74 Å². The molecule has 0 saturated heterocycles. The van der Waals surface area contributed by atoms with Gasteiger partial charge >= 0.3 is 0 Å². The molecule has 0 heterocycles. The predicted molar refractivity (Wildman–Crippen MR) is 76.3 cm³/mol. The van der Waals surface area contributed by atoms with Gasteiger partial charge in [0.15, 0.2) is 0 Å². The molecule has 106 valence electrons. The molecule has 19 heavy (non-hydrogen) atoms. The molecule has 2 atom stereocenters. The van der Waals surface area contributed by atoms with Crippen LogP contribution >= 0.6 is 15.9 Å². The van der Waals surface area contributed by atoms with Crippen molar-refractivity contribution in [2.75, 3.05) is 7.11 Å². The molecule has 1 aliphatic carbocycles. The Hall–Kier alpha value is -0.640. The number of alkyl halides is 3. The fourth-order valence-corrected chi connectivity index (χ4v) is 3.54. The average Bonchev–Trinajstić information content (AvgIpc) is 2.37. The minimum absolute atomic E-state index is 0.00683. The molecule has 1 aromatic rings. The highest BCUT2D eigenvalue weighted by atomic mass is 79.9. The van der Waals surface area contributed by atoms with Gasteiger partial charge in [0.25, 0.3) is 0 Å². The monoisotopic (exact) mass is 332 g/mol. The van der Waals surface area contributed by atoms with Crippen LogP contribution in [0.5, 0.6) is 5.75 Å². The lowest BCUT2D eigenvalue weighted by molar-refractivity contribution is -0.0522. The smallest absolute Gasteiger partial charge is 0.248 e. The van der Waals surface area contributed by atoms with E-state index in [1.807, 2.05) is 24.3 Å². The molecule has 1 aliphatic rings. The number of hydrogen-bond acceptors (Lipinski definition) is 1. The van der Waals surface area contributed by atoms with Crippen LogP contribution in [-0.2, 0) is 6.42 Å². The van der Waals surface area contributed by atoms with Gasteiger partial charge in [-0.1, -0.05) is 28.1 Å². The van der Waals surface area contributed by atoms with E-state index in [9.17, 15) is 8.78 Å². The lowest BCUT2D eigenvalue weighted by atomic mass is 9.83. The maximum absolute atomic E-state index is 13.4. The van der Waals surface area contributed by atoms with E-state index < -0.39 is 5.92 Å². The summed E-state index contributed by atoms with van der Waals surface area (Å²) in [5, 5.41) is 0. The Balaban J connectivity index is 1.98. The lowest BCUT2D eigenvalue weighted by Gasteiger charge is -2.32. The molecule has 1 fully saturated rings. The zero-order valence-corrected chi connectivity index (χ0v) is 12.6. The highest BCUT2D eigenvalue weighted by Crippen LogP contribution is 2.40. The van der Waals surface area contributed by atoms with Crippen LogP contribution in [0.15, 0.2) is 24.3 Å². The molecule has 2 unspecified atom stereocenters. The van der Waals surface area contributed by atoms with Crippen molar-refractivity contribution in [3.63, 3.8) is 0 Å². The standard InChI is InChI=1S/C15H19BrF2O/c1-19-13-6-2-4-11(8-13)9-14(16)12-5-3-7-15(17,18)10-12/h2,4,6,8,12,14H,3,5,7,9-10H2,1H3. The number of hydrogen-bond donors (Lipinski definition) is 0. The van der Waals surface area contributed by atoms with Crippen molar-refractivity contribution in [2.24, 2.45) is 5.92 Å². The SMILES string of the molecule is COc1cccc(CC(Br)C2CCCC(F)(F)C2)c1. The van der Waals surface area contributed by atoms with Crippen LogP contribution in [0.2, 0.25) is 0 Å². The number of halogens is 3. The van der Waals surface area contributed by atoms with Crippen molar-refractivity contribution >= 4 is 15.9 Å². The van der Waals surface area contributed by atoms with Crippen LogP contribution in [0.1, 0.15) is 31.2 Å². The van der Waals surface area contributed by atoms with E-state index in [0.717, 1.165) is 24.2 Å². The van der Waals surface area contributed by atoms with E-state index >= 15 is 0 Å². The van der Waals surface area contributed by atoms with Crippen LogP contribution in [0.25, 0.3) is 0 Å². The van der Waals surface area contributed by atoms with Gasteiger partial charge in [-0.2, -0.15) is 0 Å². The van der Waals surface area contributed by atoms with Crippen molar-refractivity contribution in [1.82, 2.24) is 0 Å². The van der Waals surface area contributed by atoms with Gasteiger partial charge in [0.1, 0.15) is 5.75 Å². The first kappa shape index (κ1) is 14.8. The summed E-state index contributed by atoms with van der Waals surface area (Å²) in [7, 11) is 1.63. The maximum Gasteiger partial charge on any atom is 0.248 e. The number of ether oxygens (including phenoxy) is 1. The Kier molecular flexibility index (Phi) is 4.82.